The normalized spacial score (nSPS) is 10.1. The van der Waals surface area contributed by atoms with Gasteiger partial charge in [-0.25, -0.2) is 4.39 Å². The molecule has 2 aromatic rings. The standard InChI is InChI=1S/C14H11FN2O2S/c15-10-2-1-3-11(12(10)14(17)20)19-9-6-4-8(5-7-9)13(16)18/h1-7H,(H2,16,18)(H2,17,20). The Bertz CT molecular complexity index is 671. The smallest absolute Gasteiger partial charge is 0.248 e. The fourth-order valence-corrected chi connectivity index (χ4v) is 1.84. The Balaban J connectivity index is 2.33. The van der Waals surface area contributed by atoms with E-state index in [1.54, 1.807) is 18.2 Å². The van der Waals surface area contributed by atoms with Crippen LogP contribution in [-0.2, 0) is 0 Å². The van der Waals surface area contributed by atoms with E-state index in [1.807, 2.05) is 0 Å². The minimum absolute atomic E-state index is 0.0430. The van der Waals surface area contributed by atoms with Crippen LogP contribution in [0.15, 0.2) is 42.5 Å². The lowest BCUT2D eigenvalue weighted by atomic mass is 10.2. The van der Waals surface area contributed by atoms with E-state index in [4.69, 9.17) is 28.4 Å². The number of rotatable bonds is 4. The maximum atomic E-state index is 13.7. The minimum atomic E-state index is -0.552. The summed E-state index contributed by atoms with van der Waals surface area (Å²) in [6.45, 7) is 0. The van der Waals surface area contributed by atoms with Crippen LogP contribution < -0.4 is 16.2 Å². The third-order valence-electron chi connectivity index (χ3n) is 2.59. The van der Waals surface area contributed by atoms with Gasteiger partial charge in [0, 0.05) is 5.56 Å². The molecule has 4 nitrogen and oxygen atoms in total. The number of benzene rings is 2. The third-order valence-corrected chi connectivity index (χ3v) is 2.79. The molecular formula is C14H11FN2O2S. The molecule has 0 fully saturated rings. The second-order valence-corrected chi connectivity index (χ2v) is 4.41. The Morgan fingerprint density at radius 1 is 1.10 bits per heavy atom. The number of primary amides is 1. The summed E-state index contributed by atoms with van der Waals surface area (Å²) in [5.41, 5.74) is 11.0. The zero-order chi connectivity index (χ0) is 14.7. The van der Waals surface area contributed by atoms with E-state index in [9.17, 15) is 9.18 Å². The van der Waals surface area contributed by atoms with Gasteiger partial charge in [0.1, 0.15) is 22.3 Å². The molecule has 0 aliphatic rings. The molecule has 6 heteroatoms. The number of carbonyl (C=O) groups excluding carboxylic acids is 1. The molecule has 0 aromatic heterocycles. The zero-order valence-electron chi connectivity index (χ0n) is 10.3. The van der Waals surface area contributed by atoms with Gasteiger partial charge in [0.2, 0.25) is 5.91 Å². The summed E-state index contributed by atoms with van der Waals surface area (Å²) in [7, 11) is 0. The molecule has 0 bridgehead atoms. The summed E-state index contributed by atoms with van der Waals surface area (Å²) in [6.07, 6.45) is 0. The van der Waals surface area contributed by atoms with Gasteiger partial charge < -0.3 is 16.2 Å². The molecule has 1 amide bonds. The molecule has 0 saturated heterocycles. The van der Waals surface area contributed by atoms with E-state index in [0.717, 1.165) is 0 Å². The average Bonchev–Trinajstić information content (AvgIpc) is 2.39. The van der Waals surface area contributed by atoms with Crippen molar-refractivity contribution in [3.8, 4) is 11.5 Å². The molecule has 0 atom stereocenters. The summed E-state index contributed by atoms with van der Waals surface area (Å²) >= 11 is 4.80. The van der Waals surface area contributed by atoms with Crippen LogP contribution in [0.3, 0.4) is 0 Å². The van der Waals surface area contributed by atoms with Crippen molar-refractivity contribution < 1.29 is 13.9 Å². The second kappa shape index (κ2) is 5.66. The van der Waals surface area contributed by atoms with Gasteiger partial charge in [0.15, 0.2) is 0 Å². The zero-order valence-corrected chi connectivity index (χ0v) is 11.1. The molecule has 102 valence electrons. The average molecular weight is 290 g/mol. The molecule has 0 aliphatic heterocycles. The summed E-state index contributed by atoms with van der Waals surface area (Å²) in [5, 5.41) is 0. The van der Waals surface area contributed by atoms with Gasteiger partial charge in [-0.1, -0.05) is 18.3 Å². The molecule has 0 heterocycles. The number of hydrogen-bond acceptors (Lipinski definition) is 3. The number of amides is 1. The van der Waals surface area contributed by atoms with Crippen LogP contribution in [0.1, 0.15) is 15.9 Å². The van der Waals surface area contributed by atoms with Gasteiger partial charge >= 0.3 is 0 Å². The first-order chi connectivity index (χ1) is 9.49. The highest BCUT2D eigenvalue weighted by Gasteiger charge is 2.13. The third kappa shape index (κ3) is 2.92. The van der Waals surface area contributed by atoms with E-state index in [2.05, 4.69) is 0 Å². The number of nitrogens with two attached hydrogens (primary N) is 2. The summed E-state index contributed by atoms with van der Waals surface area (Å²) < 4.78 is 19.2. The quantitative estimate of drug-likeness (QED) is 0.847. The lowest BCUT2D eigenvalue weighted by Gasteiger charge is -2.11. The van der Waals surface area contributed by atoms with Gasteiger partial charge in [0.25, 0.3) is 0 Å². The van der Waals surface area contributed by atoms with Crippen molar-refractivity contribution in [2.75, 3.05) is 0 Å². The van der Waals surface area contributed by atoms with Gasteiger partial charge in [-0.3, -0.25) is 4.79 Å². The minimum Gasteiger partial charge on any atom is -0.457 e. The highest BCUT2D eigenvalue weighted by atomic mass is 32.1. The second-order valence-electron chi connectivity index (χ2n) is 3.97. The monoisotopic (exact) mass is 290 g/mol. The van der Waals surface area contributed by atoms with Gasteiger partial charge in [0.05, 0.1) is 5.56 Å². The number of halogens is 1. The summed E-state index contributed by atoms with van der Waals surface area (Å²) in [5.74, 6) is -0.461. The number of thiocarbonyl (C=S) groups is 1. The largest absolute Gasteiger partial charge is 0.457 e. The topological polar surface area (TPSA) is 78.3 Å². The summed E-state index contributed by atoms with van der Waals surface area (Å²) in [4.78, 5) is 10.9. The van der Waals surface area contributed by atoms with Crippen LogP contribution in [0.5, 0.6) is 11.5 Å². The van der Waals surface area contributed by atoms with Crippen LogP contribution in [0.4, 0.5) is 4.39 Å². The molecular weight excluding hydrogens is 279 g/mol. The van der Waals surface area contributed by atoms with Crippen LogP contribution >= 0.6 is 12.2 Å². The molecule has 0 radical (unpaired) electrons. The predicted octanol–water partition coefficient (Wildman–Crippen LogP) is 2.35. The molecule has 0 unspecified atom stereocenters. The molecule has 0 aliphatic carbocycles. The van der Waals surface area contributed by atoms with Gasteiger partial charge in [-0.05, 0) is 36.4 Å². The van der Waals surface area contributed by atoms with Crippen molar-refractivity contribution >= 4 is 23.1 Å². The SMILES string of the molecule is NC(=O)c1ccc(Oc2cccc(F)c2C(N)=S)cc1. The first-order valence-electron chi connectivity index (χ1n) is 5.65. The van der Waals surface area contributed by atoms with E-state index < -0.39 is 11.7 Å². The Morgan fingerprint density at radius 2 is 1.75 bits per heavy atom. The fraction of sp³-hybridized carbons (Fsp3) is 0. The first-order valence-corrected chi connectivity index (χ1v) is 6.06. The Kier molecular flexibility index (Phi) is 3.95. The highest BCUT2D eigenvalue weighted by molar-refractivity contribution is 7.80. The van der Waals surface area contributed by atoms with E-state index in [0.29, 0.717) is 11.3 Å². The van der Waals surface area contributed by atoms with Crippen molar-refractivity contribution in [3.63, 3.8) is 0 Å². The van der Waals surface area contributed by atoms with Crippen molar-refractivity contribution in [3.05, 3.63) is 59.4 Å². The number of hydrogen-bond donors (Lipinski definition) is 2. The van der Waals surface area contributed by atoms with E-state index in [1.165, 1.54) is 24.3 Å². The molecule has 2 aromatic carbocycles. The van der Waals surface area contributed by atoms with Crippen molar-refractivity contribution in [2.45, 2.75) is 0 Å². The lowest BCUT2D eigenvalue weighted by molar-refractivity contribution is 0.100. The molecule has 20 heavy (non-hydrogen) atoms. The van der Waals surface area contributed by atoms with Crippen LogP contribution in [0, 0.1) is 5.82 Å². The lowest BCUT2D eigenvalue weighted by Crippen LogP contribution is -2.13. The predicted molar refractivity (Wildman–Crippen MR) is 77.3 cm³/mol. The first kappa shape index (κ1) is 14.0. The van der Waals surface area contributed by atoms with Crippen LogP contribution in [0.2, 0.25) is 0 Å². The fourth-order valence-electron chi connectivity index (χ4n) is 1.64. The van der Waals surface area contributed by atoms with Crippen molar-refractivity contribution in [1.82, 2.24) is 0 Å². The van der Waals surface area contributed by atoms with Crippen LogP contribution in [0.25, 0.3) is 0 Å². The van der Waals surface area contributed by atoms with Crippen LogP contribution in [-0.4, -0.2) is 10.9 Å². The molecule has 4 N–H and O–H groups in total. The Hall–Kier alpha value is -2.47. The number of carbonyl (C=O) groups is 1. The Morgan fingerprint density at radius 3 is 2.30 bits per heavy atom. The van der Waals surface area contributed by atoms with E-state index in [-0.39, 0.29) is 16.3 Å². The van der Waals surface area contributed by atoms with Gasteiger partial charge in [-0.2, -0.15) is 0 Å². The maximum Gasteiger partial charge on any atom is 0.248 e. The maximum absolute atomic E-state index is 13.7. The van der Waals surface area contributed by atoms with E-state index >= 15 is 0 Å². The number of ether oxygens (including phenoxy) is 1. The Labute approximate surface area is 120 Å². The summed E-state index contributed by atoms with van der Waals surface area (Å²) in [6, 6.07) is 10.4. The molecule has 0 saturated carbocycles. The van der Waals surface area contributed by atoms with Crippen molar-refractivity contribution in [2.24, 2.45) is 11.5 Å². The molecule has 0 spiro atoms. The highest BCUT2D eigenvalue weighted by Crippen LogP contribution is 2.27. The van der Waals surface area contributed by atoms with Crippen molar-refractivity contribution in [1.29, 1.82) is 0 Å². The van der Waals surface area contributed by atoms with Gasteiger partial charge in [-0.15, -0.1) is 0 Å². The molecule has 2 rings (SSSR count).